The number of benzene rings is 1. The largest absolute Gasteiger partial charge is 0.349 e. The molecule has 3 aromatic rings. The molecule has 28 heavy (non-hydrogen) atoms. The van der Waals surface area contributed by atoms with Crippen LogP contribution in [0.25, 0.3) is 11.4 Å². The van der Waals surface area contributed by atoms with E-state index in [9.17, 15) is 4.79 Å². The number of thioether (sulfide) groups is 1. The minimum Gasteiger partial charge on any atom is -0.349 e. The summed E-state index contributed by atoms with van der Waals surface area (Å²) in [4.78, 5) is 16.6. The van der Waals surface area contributed by atoms with Crippen LogP contribution in [0.2, 0.25) is 0 Å². The lowest BCUT2D eigenvalue weighted by molar-refractivity contribution is -0.119. The summed E-state index contributed by atoms with van der Waals surface area (Å²) in [5.74, 6) is 1.16. The number of aryl methyl sites for hydroxylation is 1. The van der Waals surface area contributed by atoms with Crippen molar-refractivity contribution < 1.29 is 4.79 Å². The average molecular weight is 394 g/mol. The van der Waals surface area contributed by atoms with Gasteiger partial charge in [0.25, 0.3) is 0 Å². The molecule has 1 N–H and O–H groups in total. The van der Waals surface area contributed by atoms with Crippen molar-refractivity contribution in [2.75, 3.05) is 5.75 Å². The molecule has 1 aromatic carbocycles. The zero-order valence-electron chi connectivity index (χ0n) is 15.8. The first-order chi connectivity index (χ1) is 13.8. The number of nitrogens with zero attached hydrogens (tertiary/aromatic N) is 4. The molecule has 144 valence electrons. The van der Waals surface area contributed by atoms with Crippen LogP contribution >= 0.6 is 11.8 Å². The molecule has 0 unspecified atom stereocenters. The average Bonchev–Trinajstić information content (AvgIpc) is 3.16. The van der Waals surface area contributed by atoms with Crippen molar-refractivity contribution in [3.05, 3.63) is 59.9 Å². The van der Waals surface area contributed by atoms with Gasteiger partial charge in [0.1, 0.15) is 0 Å². The zero-order chi connectivity index (χ0) is 19.3. The number of carbonyl (C=O) groups is 1. The van der Waals surface area contributed by atoms with Crippen molar-refractivity contribution in [2.24, 2.45) is 0 Å². The molecule has 0 saturated carbocycles. The van der Waals surface area contributed by atoms with Gasteiger partial charge in [0, 0.05) is 24.5 Å². The summed E-state index contributed by atoms with van der Waals surface area (Å²) in [6.07, 6.45) is 6.67. The quantitative estimate of drug-likeness (QED) is 0.647. The van der Waals surface area contributed by atoms with Crippen LogP contribution in [0.4, 0.5) is 0 Å². The van der Waals surface area contributed by atoms with E-state index in [1.165, 1.54) is 22.9 Å². The van der Waals surface area contributed by atoms with E-state index in [0.29, 0.717) is 5.75 Å². The number of amides is 1. The fourth-order valence-electron chi connectivity index (χ4n) is 3.67. The lowest BCUT2D eigenvalue weighted by atomic mass is 9.88. The van der Waals surface area contributed by atoms with Crippen molar-refractivity contribution in [3.63, 3.8) is 0 Å². The molecule has 0 fully saturated rings. The highest BCUT2D eigenvalue weighted by atomic mass is 32.2. The Balaban J connectivity index is 1.41. The fourth-order valence-corrected chi connectivity index (χ4v) is 4.48. The van der Waals surface area contributed by atoms with Crippen LogP contribution in [0.5, 0.6) is 0 Å². The van der Waals surface area contributed by atoms with Crippen molar-refractivity contribution in [2.45, 2.75) is 43.9 Å². The molecule has 1 aliphatic carbocycles. The lowest BCUT2D eigenvalue weighted by Gasteiger charge is -2.26. The van der Waals surface area contributed by atoms with Gasteiger partial charge in [-0.25, -0.2) is 0 Å². The Bertz CT molecular complexity index is 956. The van der Waals surface area contributed by atoms with Gasteiger partial charge in [-0.05, 0) is 49.4 Å². The van der Waals surface area contributed by atoms with E-state index in [0.717, 1.165) is 42.4 Å². The van der Waals surface area contributed by atoms with Gasteiger partial charge in [-0.1, -0.05) is 36.0 Å². The zero-order valence-corrected chi connectivity index (χ0v) is 16.7. The van der Waals surface area contributed by atoms with Gasteiger partial charge in [-0.3, -0.25) is 9.78 Å². The number of hydrogen-bond acceptors (Lipinski definition) is 5. The Hall–Kier alpha value is -2.67. The smallest absolute Gasteiger partial charge is 0.230 e. The first-order valence-corrected chi connectivity index (χ1v) is 10.6. The van der Waals surface area contributed by atoms with Gasteiger partial charge >= 0.3 is 0 Å². The highest BCUT2D eigenvalue weighted by molar-refractivity contribution is 7.99. The minimum absolute atomic E-state index is 0.0304. The van der Waals surface area contributed by atoms with Crippen LogP contribution in [0, 0.1) is 0 Å². The molecule has 2 heterocycles. The van der Waals surface area contributed by atoms with Crippen molar-refractivity contribution in [1.82, 2.24) is 25.1 Å². The Labute approximate surface area is 168 Å². The number of hydrogen-bond donors (Lipinski definition) is 1. The molecule has 0 bridgehead atoms. The molecule has 0 saturated heterocycles. The predicted molar refractivity (Wildman–Crippen MR) is 110 cm³/mol. The maximum absolute atomic E-state index is 12.6. The number of pyridine rings is 1. The number of fused-ring (bicyclic) bond motifs is 1. The maximum Gasteiger partial charge on any atom is 0.230 e. The third-order valence-corrected chi connectivity index (χ3v) is 5.98. The van der Waals surface area contributed by atoms with Gasteiger partial charge in [0.2, 0.25) is 5.91 Å². The summed E-state index contributed by atoms with van der Waals surface area (Å²) in [5.41, 5.74) is 3.57. The van der Waals surface area contributed by atoms with E-state index in [1.54, 1.807) is 12.4 Å². The highest BCUT2D eigenvalue weighted by Gasteiger charge is 2.22. The lowest BCUT2D eigenvalue weighted by Crippen LogP contribution is -2.32. The Morgan fingerprint density at radius 2 is 2.04 bits per heavy atom. The van der Waals surface area contributed by atoms with E-state index < -0.39 is 0 Å². The molecule has 6 nitrogen and oxygen atoms in total. The Morgan fingerprint density at radius 3 is 2.86 bits per heavy atom. The van der Waals surface area contributed by atoms with Crippen LogP contribution in [-0.2, 0) is 17.8 Å². The van der Waals surface area contributed by atoms with E-state index in [1.807, 2.05) is 22.8 Å². The van der Waals surface area contributed by atoms with Crippen LogP contribution in [0.15, 0.2) is 53.9 Å². The van der Waals surface area contributed by atoms with E-state index in [2.05, 4.69) is 45.6 Å². The Kier molecular flexibility index (Phi) is 5.71. The van der Waals surface area contributed by atoms with Crippen molar-refractivity contribution >= 4 is 17.7 Å². The Morgan fingerprint density at radius 1 is 1.21 bits per heavy atom. The number of aromatic nitrogens is 4. The summed E-state index contributed by atoms with van der Waals surface area (Å²) >= 11 is 1.43. The summed E-state index contributed by atoms with van der Waals surface area (Å²) < 4.78 is 2.03. The summed E-state index contributed by atoms with van der Waals surface area (Å²) in [6.45, 7) is 2.79. The minimum atomic E-state index is 0.0304. The number of nitrogens with one attached hydrogen (secondary N) is 1. The molecule has 1 aliphatic rings. The van der Waals surface area contributed by atoms with Gasteiger partial charge < -0.3 is 9.88 Å². The van der Waals surface area contributed by atoms with Crippen LogP contribution in [-0.4, -0.2) is 31.4 Å². The molecular formula is C21H23N5OS. The number of carbonyl (C=O) groups excluding carboxylic acids is 1. The predicted octanol–water partition coefficient (Wildman–Crippen LogP) is 3.65. The summed E-state index contributed by atoms with van der Waals surface area (Å²) in [6, 6.07) is 12.3. The van der Waals surface area contributed by atoms with Crippen LogP contribution in [0.3, 0.4) is 0 Å². The fraction of sp³-hybridized carbons (Fsp3) is 0.333. The van der Waals surface area contributed by atoms with Gasteiger partial charge in [0.05, 0.1) is 11.8 Å². The molecule has 1 amide bonds. The first kappa shape index (κ1) is 18.7. The van der Waals surface area contributed by atoms with E-state index >= 15 is 0 Å². The molecule has 7 heteroatoms. The molecule has 0 aliphatic heterocycles. The number of rotatable bonds is 6. The standard InChI is InChI=1S/C21H23N5OS/c1-2-26-20(16-10-12-22-13-11-16)24-25-21(26)28-14-19(27)23-18-9-5-7-15-6-3-4-8-17(15)18/h3-4,6,8,10-13,18H,2,5,7,9,14H2,1H3,(H,23,27)/t18-/m1/s1. The van der Waals surface area contributed by atoms with Crippen LogP contribution < -0.4 is 5.32 Å². The summed E-state index contributed by atoms with van der Waals surface area (Å²) in [7, 11) is 0. The summed E-state index contributed by atoms with van der Waals surface area (Å²) in [5, 5.41) is 12.6. The first-order valence-electron chi connectivity index (χ1n) is 9.60. The SMILES string of the molecule is CCn1c(SCC(=O)N[C@@H]2CCCc3ccccc32)nnc1-c1ccncc1. The normalized spacial score (nSPS) is 15.8. The van der Waals surface area contributed by atoms with Gasteiger partial charge in [0.15, 0.2) is 11.0 Å². The van der Waals surface area contributed by atoms with Gasteiger partial charge in [-0.2, -0.15) is 0 Å². The highest BCUT2D eigenvalue weighted by Crippen LogP contribution is 2.30. The van der Waals surface area contributed by atoms with E-state index in [4.69, 9.17) is 0 Å². The second-order valence-electron chi connectivity index (χ2n) is 6.79. The molecule has 0 spiro atoms. The third kappa shape index (κ3) is 3.94. The molecule has 0 radical (unpaired) electrons. The molecule has 4 rings (SSSR count). The molecule has 1 atom stereocenters. The maximum atomic E-state index is 12.6. The monoisotopic (exact) mass is 393 g/mol. The van der Waals surface area contributed by atoms with E-state index in [-0.39, 0.29) is 11.9 Å². The van der Waals surface area contributed by atoms with Crippen molar-refractivity contribution in [3.8, 4) is 11.4 Å². The van der Waals surface area contributed by atoms with Crippen LogP contribution in [0.1, 0.15) is 36.9 Å². The second kappa shape index (κ2) is 8.56. The molecular weight excluding hydrogens is 370 g/mol. The third-order valence-electron chi connectivity index (χ3n) is 5.01. The second-order valence-corrected chi connectivity index (χ2v) is 7.73. The van der Waals surface area contributed by atoms with Crippen molar-refractivity contribution in [1.29, 1.82) is 0 Å². The topological polar surface area (TPSA) is 72.7 Å². The molecule has 2 aromatic heterocycles. The van der Waals surface area contributed by atoms with Gasteiger partial charge in [-0.15, -0.1) is 10.2 Å².